The third-order valence-corrected chi connectivity index (χ3v) is 7.34. The summed E-state index contributed by atoms with van der Waals surface area (Å²) >= 11 is 1.36. The monoisotopic (exact) mass is 430 g/mol. The van der Waals surface area contributed by atoms with Crippen LogP contribution in [0, 0.1) is 13.8 Å². The van der Waals surface area contributed by atoms with E-state index in [0.29, 0.717) is 35.2 Å². The Hall–Kier alpha value is -1.52. The number of carbonyl (C=O) groups excluding carboxylic acids is 1. The van der Waals surface area contributed by atoms with Gasteiger partial charge in [-0.15, -0.1) is 23.7 Å². The topological polar surface area (TPSA) is 96.6 Å². The predicted molar refractivity (Wildman–Crippen MR) is 108 cm³/mol. The zero-order valence-electron chi connectivity index (χ0n) is 15.2. The van der Waals surface area contributed by atoms with Gasteiger partial charge >= 0.3 is 0 Å². The first-order valence-electron chi connectivity index (χ1n) is 8.34. The summed E-state index contributed by atoms with van der Waals surface area (Å²) in [6.07, 6.45) is 0. The molecule has 0 atom stereocenters. The lowest BCUT2D eigenvalue weighted by Gasteiger charge is -2.34. The summed E-state index contributed by atoms with van der Waals surface area (Å²) in [5.41, 5.74) is 7.54. The highest BCUT2D eigenvalue weighted by Gasteiger charge is 2.31. The van der Waals surface area contributed by atoms with Crippen LogP contribution in [0.5, 0.6) is 0 Å². The second-order valence-electron chi connectivity index (χ2n) is 6.30. The van der Waals surface area contributed by atoms with Gasteiger partial charge in [-0.3, -0.25) is 4.79 Å². The maximum Gasteiger partial charge on any atom is 0.273 e. The van der Waals surface area contributed by atoms with Crippen molar-refractivity contribution in [3.63, 3.8) is 0 Å². The second-order valence-corrected chi connectivity index (χ2v) is 9.14. The minimum Gasteiger partial charge on any atom is -0.335 e. The van der Waals surface area contributed by atoms with E-state index in [1.54, 1.807) is 23.3 Å². The van der Waals surface area contributed by atoms with E-state index >= 15 is 0 Å². The van der Waals surface area contributed by atoms with Crippen molar-refractivity contribution in [2.24, 2.45) is 5.73 Å². The molecule has 1 aliphatic heterocycles. The first kappa shape index (κ1) is 21.8. The van der Waals surface area contributed by atoms with Crippen molar-refractivity contribution in [1.82, 2.24) is 14.2 Å². The fourth-order valence-corrected chi connectivity index (χ4v) is 5.30. The van der Waals surface area contributed by atoms with Gasteiger partial charge in [0.25, 0.3) is 5.91 Å². The molecule has 2 heterocycles. The Morgan fingerprint density at radius 1 is 1.22 bits per heavy atom. The molecule has 1 aliphatic rings. The Labute approximate surface area is 169 Å². The first-order valence-corrected chi connectivity index (χ1v) is 10.7. The summed E-state index contributed by atoms with van der Waals surface area (Å²) in [6, 6.07) is 5.42. The molecule has 10 heteroatoms. The lowest BCUT2D eigenvalue weighted by atomic mass is 10.2. The zero-order valence-corrected chi connectivity index (χ0v) is 17.7. The van der Waals surface area contributed by atoms with Gasteiger partial charge in [0.1, 0.15) is 10.7 Å². The van der Waals surface area contributed by atoms with Crippen molar-refractivity contribution in [3.05, 3.63) is 45.4 Å². The molecule has 1 aromatic carbocycles. The molecule has 27 heavy (non-hydrogen) atoms. The average molecular weight is 431 g/mol. The van der Waals surface area contributed by atoms with Gasteiger partial charge in [-0.1, -0.05) is 12.1 Å². The molecule has 0 bridgehead atoms. The van der Waals surface area contributed by atoms with E-state index in [1.165, 1.54) is 15.6 Å². The van der Waals surface area contributed by atoms with Gasteiger partial charge < -0.3 is 10.6 Å². The number of hydrogen-bond donors (Lipinski definition) is 1. The SMILES string of the molecule is Cc1ccc(C)c(S(=O)(=O)N2CCN(C(=O)c3csc(CN)n3)CC2)c1.Cl. The number of aryl methyl sites for hydroxylation is 2. The van der Waals surface area contributed by atoms with Crippen LogP contribution in [-0.4, -0.2) is 54.7 Å². The summed E-state index contributed by atoms with van der Waals surface area (Å²) in [7, 11) is -3.56. The highest BCUT2D eigenvalue weighted by Crippen LogP contribution is 2.23. The molecule has 0 radical (unpaired) electrons. The Balaban J connectivity index is 0.00000261. The molecule has 0 spiro atoms. The fourth-order valence-electron chi connectivity index (χ4n) is 2.92. The number of halogens is 1. The Morgan fingerprint density at radius 2 is 1.89 bits per heavy atom. The average Bonchev–Trinajstić information content (AvgIpc) is 3.12. The minimum absolute atomic E-state index is 0. The molecule has 3 rings (SSSR count). The molecule has 1 saturated heterocycles. The van der Waals surface area contributed by atoms with Gasteiger partial charge in [-0.25, -0.2) is 13.4 Å². The number of piperazine rings is 1. The highest BCUT2D eigenvalue weighted by molar-refractivity contribution is 7.89. The number of rotatable bonds is 4. The lowest BCUT2D eigenvalue weighted by molar-refractivity contribution is 0.0692. The van der Waals surface area contributed by atoms with E-state index in [0.717, 1.165) is 11.1 Å². The largest absolute Gasteiger partial charge is 0.335 e. The van der Waals surface area contributed by atoms with E-state index in [1.807, 2.05) is 19.1 Å². The van der Waals surface area contributed by atoms with Crippen LogP contribution in [0.3, 0.4) is 0 Å². The van der Waals surface area contributed by atoms with E-state index in [9.17, 15) is 13.2 Å². The smallest absolute Gasteiger partial charge is 0.273 e. The van der Waals surface area contributed by atoms with Crippen molar-refractivity contribution in [2.45, 2.75) is 25.3 Å². The number of sulfonamides is 1. The number of nitrogens with two attached hydrogens (primary N) is 1. The predicted octanol–water partition coefficient (Wildman–Crippen LogP) is 1.79. The van der Waals surface area contributed by atoms with Crippen molar-refractivity contribution in [3.8, 4) is 0 Å². The Morgan fingerprint density at radius 3 is 2.48 bits per heavy atom. The van der Waals surface area contributed by atoms with Crippen molar-refractivity contribution in [2.75, 3.05) is 26.2 Å². The number of hydrogen-bond acceptors (Lipinski definition) is 6. The molecular weight excluding hydrogens is 408 g/mol. The van der Waals surface area contributed by atoms with Crippen LogP contribution < -0.4 is 5.73 Å². The number of thiazole rings is 1. The lowest BCUT2D eigenvalue weighted by Crippen LogP contribution is -2.50. The van der Waals surface area contributed by atoms with Crippen LogP contribution in [0.25, 0.3) is 0 Å². The maximum absolute atomic E-state index is 12.9. The van der Waals surface area contributed by atoms with Crippen LogP contribution in [0.2, 0.25) is 0 Å². The highest BCUT2D eigenvalue weighted by atomic mass is 35.5. The number of amides is 1. The standard InChI is InChI=1S/C17H22N4O3S2.ClH/c1-12-3-4-13(2)15(9-12)26(23,24)21-7-5-20(6-8-21)17(22)14-11-25-16(10-18)19-14;/h3-4,9,11H,5-8,10,18H2,1-2H3;1H. The molecule has 0 aliphatic carbocycles. The van der Waals surface area contributed by atoms with Crippen LogP contribution in [0.4, 0.5) is 0 Å². The van der Waals surface area contributed by atoms with E-state index < -0.39 is 10.0 Å². The first-order chi connectivity index (χ1) is 12.3. The number of aromatic nitrogens is 1. The van der Waals surface area contributed by atoms with Gasteiger partial charge in [-0.05, 0) is 31.0 Å². The van der Waals surface area contributed by atoms with Gasteiger partial charge in [-0.2, -0.15) is 4.31 Å². The van der Waals surface area contributed by atoms with Crippen LogP contribution in [0.15, 0.2) is 28.5 Å². The van der Waals surface area contributed by atoms with Crippen molar-refractivity contribution in [1.29, 1.82) is 0 Å². The molecule has 7 nitrogen and oxygen atoms in total. The fraction of sp³-hybridized carbons (Fsp3) is 0.412. The van der Waals surface area contributed by atoms with E-state index in [-0.39, 0.29) is 31.4 Å². The molecule has 1 amide bonds. The summed E-state index contributed by atoms with van der Waals surface area (Å²) in [5.74, 6) is -0.176. The molecule has 2 N–H and O–H groups in total. The molecule has 1 aromatic heterocycles. The van der Waals surface area contributed by atoms with Gasteiger partial charge in [0.2, 0.25) is 10.0 Å². The molecule has 2 aromatic rings. The summed E-state index contributed by atoms with van der Waals surface area (Å²) in [4.78, 5) is 18.7. The zero-order chi connectivity index (χ0) is 18.9. The van der Waals surface area contributed by atoms with Gasteiger partial charge in [0.15, 0.2) is 0 Å². The quantitative estimate of drug-likeness (QED) is 0.797. The summed E-state index contributed by atoms with van der Waals surface area (Å²) in [6.45, 7) is 5.21. The van der Waals surface area contributed by atoms with Crippen molar-refractivity contribution < 1.29 is 13.2 Å². The number of carbonyl (C=O) groups is 1. The molecule has 0 saturated carbocycles. The molecule has 148 valence electrons. The molecular formula is C17H23ClN4O3S2. The van der Waals surface area contributed by atoms with E-state index in [2.05, 4.69) is 4.98 Å². The maximum atomic E-state index is 12.9. The van der Waals surface area contributed by atoms with Gasteiger partial charge in [0, 0.05) is 38.1 Å². The molecule has 0 unspecified atom stereocenters. The normalized spacial score (nSPS) is 15.4. The van der Waals surface area contributed by atoms with Crippen LogP contribution in [-0.2, 0) is 16.6 Å². The minimum atomic E-state index is -3.56. The van der Waals surface area contributed by atoms with Crippen LogP contribution >= 0.6 is 23.7 Å². The Kier molecular flexibility index (Phi) is 6.98. The number of benzene rings is 1. The third-order valence-electron chi connectivity index (χ3n) is 4.43. The summed E-state index contributed by atoms with van der Waals surface area (Å²) < 4.78 is 27.3. The summed E-state index contributed by atoms with van der Waals surface area (Å²) in [5, 5.41) is 2.41. The van der Waals surface area contributed by atoms with E-state index in [4.69, 9.17) is 5.73 Å². The van der Waals surface area contributed by atoms with Crippen LogP contribution in [0.1, 0.15) is 26.6 Å². The molecule has 1 fully saturated rings. The van der Waals surface area contributed by atoms with Crippen molar-refractivity contribution >= 4 is 39.7 Å². The third kappa shape index (κ3) is 4.49. The second kappa shape index (κ2) is 8.66. The Bertz CT molecular complexity index is 922. The van der Waals surface area contributed by atoms with Gasteiger partial charge in [0.05, 0.1) is 4.90 Å². The number of nitrogens with zero attached hydrogens (tertiary/aromatic N) is 3.